The van der Waals surface area contributed by atoms with Gasteiger partial charge in [0.25, 0.3) is 0 Å². The van der Waals surface area contributed by atoms with E-state index in [4.69, 9.17) is 0 Å². The van der Waals surface area contributed by atoms with Crippen LogP contribution < -0.4 is 5.32 Å². The molecule has 0 spiro atoms. The molecule has 0 amide bonds. The largest absolute Gasteiger partial charge is 0.310 e. The number of rotatable bonds is 5. The highest BCUT2D eigenvalue weighted by molar-refractivity contribution is 7.99. The fourth-order valence-electron chi connectivity index (χ4n) is 2.69. The van der Waals surface area contributed by atoms with Crippen LogP contribution in [0.3, 0.4) is 0 Å². The van der Waals surface area contributed by atoms with Gasteiger partial charge in [-0.25, -0.2) is 4.68 Å². The third kappa shape index (κ3) is 3.89. The Hall–Kier alpha value is -1.26. The van der Waals surface area contributed by atoms with E-state index in [9.17, 15) is 0 Å². The highest BCUT2D eigenvalue weighted by Crippen LogP contribution is 2.23. The summed E-state index contributed by atoms with van der Waals surface area (Å²) >= 11 is 2.09. The average molecular weight is 301 g/mol. The third-order valence-electron chi connectivity index (χ3n) is 4.18. The topological polar surface area (TPSA) is 29.9 Å². The number of benzene rings is 1. The van der Waals surface area contributed by atoms with Gasteiger partial charge in [-0.2, -0.15) is 16.9 Å². The molecule has 21 heavy (non-hydrogen) atoms. The molecule has 2 aromatic rings. The Morgan fingerprint density at radius 1 is 1.29 bits per heavy atom. The number of para-hydroxylation sites is 1. The lowest BCUT2D eigenvalue weighted by molar-refractivity contribution is 0.421. The molecule has 0 saturated carbocycles. The number of aromatic nitrogens is 2. The van der Waals surface area contributed by atoms with E-state index < -0.39 is 0 Å². The normalized spacial score (nSPS) is 17.8. The Labute approximate surface area is 131 Å². The summed E-state index contributed by atoms with van der Waals surface area (Å²) < 4.78 is 1.95. The van der Waals surface area contributed by atoms with Gasteiger partial charge < -0.3 is 5.32 Å². The van der Waals surface area contributed by atoms with Crippen molar-refractivity contribution in [3.8, 4) is 5.69 Å². The second kappa shape index (κ2) is 7.14. The predicted molar refractivity (Wildman–Crippen MR) is 90.0 cm³/mol. The minimum absolute atomic E-state index is 0.358. The van der Waals surface area contributed by atoms with E-state index in [0.29, 0.717) is 6.04 Å². The zero-order chi connectivity index (χ0) is 14.5. The van der Waals surface area contributed by atoms with Crippen LogP contribution in [-0.2, 0) is 0 Å². The molecule has 3 rings (SSSR count). The van der Waals surface area contributed by atoms with Crippen LogP contribution in [-0.4, -0.2) is 27.8 Å². The van der Waals surface area contributed by atoms with Crippen LogP contribution in [0, 0.1) is 5.92 Å². The minimum Gasteiger partial charge on any atom is -0.310 e. The quantitative estimate of drug-likeness (QED) is 0.914. The maximum Gasteiger partial charge on any atom is 0.0645 e. The number of hydrogen-bond acceptors (Lipinski definition) is 3. The molecule has 1 saturated heterocycles. The van der Waals surface area contributed by atoms with Crippen molar-refractivity contribution in [2.24, 2.45) is 5.92 Å². The van der Waals surface area contributed by atoms with Crippen LogP contribution in [0.25, 0.3) is 5.69 Å². The monoisotopic (exact) mass is 301 g/mol. The minimum atomic E-state index is 0.358. The van der Waals surface area contributed by atoms with E-state index in [0.717, 1.165) is 18.2 Å². The second-order valence-electron chi connectivity index (χ2n) is 5.74. The summed E-state index contributed by atoms with van der Waals surface area (Å²) in [4.78, 5) is 0. The molecule has 2 heterocycles. The fourth-order valence-corrected chi connectivity index (χ4v) is 3.90. The van der Waals surface area contributed by atoms with Crippen molar-refractivity contribution in [1.29, 1.82) is 0 Å². The van der Waals surface area contributed by atoms with E-state index in [-0.39, 0.29) is 0 Å². The Morgan fingerprint density at radius 3 is 2.81 bits per heavy atom. The van der Waals surface area contributed by atoms with Gasteiger partial charge in [0.05, 0.1) is 11.9 Å². The average Bonchev–Trinajstić information content (AvgIpc) is 3.04. The summed E-state index contributed by atoms with van der Waals surface area (Å²) in [5.74, 6) is 3.50. The Kier molecular flexibility index (Phi) is 4.99. The molecule has 112 valence electrons. The smallest absolute Gasteiger partial charge is 0.0645 e. The lowest BCUT2D eigenvalue weighted by atomic mass is 10.0. The zero-order valence-electron chi connectivity index (χ0n) is 12.5. The van der Waals surface area contributed by atoms with Crippen molar-refractivity contribution >= 4 is 11.8 Å². The maximum absolute atomic E-state index is 4.48. The van der Waals surface area contributed by atoms with Crippen LogP contribution in [0.5, 0.6) is 0 Å². The molecular weight excluding hydrogens is 278 g/mol. The predicted octanol–water partition coefficient (Wildman–Crippen LogP) is 3.67. The summed E-state index contributed by atoms with van der Waals surface area (Å²) in [5.41, 5.74) is 2.37. The van der Waals surface area contributed by atoms with E-state index in [1.54, 1.807) is 0 Å². The second-order valence-corrected chi connectivity index (χ2v) is 6.96. The molecule has 1 aliphatic heterocycles. The van der Waals surface area contributed by atoms with Gasteiger partial charge >= 0.3 is 0 Å². The number of thioether (sulfide) groups is 1. The maximum atomic E-state index is 4.48. The van der Waals surface area contributed by atoms with Crippen LogP contribution in [0.2, 0.25) is 0 Å². The lowest BCUT2D eigenvalue weighted by Gasteiger charge is -2.23. The molecule has 4 heteroatoms. The van der Waals surface area contributed by atoms with Crippen molar-refractivity contribution in [1.82, 2.24) is 15.1 Å². The third-order valence-corrected chi connectivity index (χ3v) is 5.23. The van der Waals surface area contributed by atoms with Gasteiger partial charge in [-0.3, -0.25) is 0 Å². The Balaban J connectivity index is 1.57. The van der Waals surface area contributed by atoms with Crippen LogP contribution in [0.4, 0.5) is 0 Å². The SMILES string of the molecule is CC(NCC1CCSCC1)c1cnn(-c2ccccc2)c1. The van der Waals surface area contributed by atoms with Crippen LogP contribution in [0.15, 0.2) is 42.7 Å². The van der Waals surface area contributed by atoms with Crippen molar-refractivity contribution < 1.29 is 0 Å². The van der Waals surface area contributed by atoms with E-state index in [1.807, 2.05) is 29.1 Å². The summed E-state index contributed by atoms with van der Waals surface area (Å²) in [6.07, 6.45) is 6.81. The summed E-state index contributed by atoms with van der Waals surface area (Å²) in [6, 6.07) is 10.6. The number of hydrogen-bond donors (Lipinski definition) is 1. The van der Waals surface area contributed by atoms with Gasteiger partial charge in [0.15, 0.2) is 0 Å². The van der Waals surface area contributed by atoms with Crippen molar-refractivity contribution in [2.45, 2.75) is 25.8 Å². The van der Waals surface area contributed by atoms with Crippen molar-refractivity contribution in [2.75, 3.05) is 18.1 Å². The van der Waals surface area contributed by atoms with Gasteiger partial charge in [-0.05, 0) is 55.9 Å². The van der Waals surface area contributed by atoms with Crippen molar-refractivity contribution in [3.63, 3.8) is 0 Å². The Morgan fingerprint density at radius 2 is 2.05 bits per heavy atom. The van der Waals surface area contributed by atoms with Gasteiger partial charge in [-0.1, -0.05) is 18.2 Å². The van der Waals surface area contributed by atoms with Gasteiger partial charge in [0.1, 0.15) is 0 Å². The molecule has 3 nitrogen and oxygen atoms in total. The summed E-state index contributed by atoms with van der Waals surface area (Å²) in [6.45, 7) is 3.35. The van der Waals surface area contributed by atoms with E-state index >= 15 is 0 Å². The lowest BCUT2D eigenvalue weighted by Crippen LogP contribution is -2.27. The van der Waals surface area contributed by atoms with Crippen LogP contribution >= 0.6 is 11.8 Å². The molecule has 0 bridgehead atoms. The molecule has 1 aromatic carbocycles. The van der Waals surface area contributed by atoms with Gasteiger partial charge in [0, 0.05) is 17.8 Å². The van der Waals surface area contributed by atoms with Crippen LogP contribution in [0.1, 0.15) is 31.4 Å². The molecule has 1 aliphatic rings. The molecular formula is C17H23N3S. The first-order chi connectivity index (χ1) is 10.3. The first kappa shape index (κ1) is 14.7. The molecule has 1 atom stereocenters. The van der Waals surface area contributed by atoms with Crippen molar-refractivity contribution in [3.05, 3.63) is 48.3 Å². The fraction of sp³-hybridized carbons (Fsp3) is 0.471. The molecule has 1 N–H and O–H groups in total. The first-order valence-electron chi connectivity index (χ1n) is 7.74. The standard InChI is InChI=1S/C17H23N3S/c1-14(18-11-15-7-9-21-10-8-15)16-12-19-20(13-16)17-5-3-2-4-6-17/h2-6,12-15,18H,7-11H2,1H3. The molecule has 0 aliphatic carbocycles. The highest BCUT2D eigenvalue weighted by atomic mass is 32.2. The molecule has 1 aromatic heterocycles. The van der Waals surface area contributed by atoms with E-state index in [2.05, 4.69) is 47.4 Å². The van der Waals surface area contributed by atoms with Gasteiger partial charge in [0.2, 0.25) is 0 Å². The summed E-state index contributed by atoms with van der Waals surface area (Å²) in [5, 5.41) is 8.15. The van der Waals surface area contributed by atoms with E-state index in [1.165, 1.54) is 29.9 Å². The molecule has 0 radical (unpaired) electrons. The molecule has 1 fully saturated rings. The summed E-state index contributed by atoms with van der Waals surface area (Å²) in [7, 11) is 0. The molecule has 1 unspecified atom stereocenters. The Bertz CT molecular complexity index is 546. The number of nitrogens with one attached hydrogen (secondary N) is 1. The van der Waals surface area contributed by atoms with Gasteiger partial charge in [-0.15, -0.1) is 0 Å². The highest BCUT2D eigenvalue weighted by Gasteiger charge is 2.15. The first-order valence-corrected chi connectivity index (χ1v) is 8.89. The number of nitrogens with zero attached hydrogens (tertiary/aromatic N) is 2. The zero-order valence-corrected chi connectivity index (χ0v) is 13.4.